The predicted molar refractivity (Wildman–Crippen MR) is 123 cm³/mol. The molecular formula is C22H33ClN6O2. The minimum absolute atomic E-state index is 0.130. The summed E-state index contributed by atoms with van der Waals surface area (Å²) in [4.78, 5) is 7.04. The molecule has 0 amide bonds. The first-order valence-electron chi connectivity index (χ1n) is 10.7. The average molecular weight is 449 g/mol. The summed E-state index contributed by atoms with van der Waals surface area (Å²) >= 11 is 6.27. The van der Waals surface area contributed by atoms with E-state index in [0.29, 0.717) is 12.5 Å². The molecule has 1 aromatic carbocycles. The molecule has 9 heteroatoms. The molecule has 0 aliphatic carbocycles. The van der Waals surface area contributed by atoms with Crippen molar-refractivity contribution in [3.05, 3.63) is 52.8 Å². The van der Waals surface area contributed by atoms with E-state index < -0.39 is 5.60 Å². The van der Waals surface area contributed by atoms with Crippen molar-refractivity contribution in [3.8, 4) is 0 Å². The van der Waals surface area contributed by atoms with Gasteiger partial charge in [-0.25, -0.2) is 4.99 Å². The van der Waals surface area contributed by atoms with Gasteiger partial charge in [-0.15, -0.1) is 0 Å². The van der Waals surface area contributed by atoms with Crippen LogP contribution in [0.15, 0.2) is 41.7 Å². The normalized spacial score (nSPS) is 18.4. The van der Waals surface area contributed by atoms with Crippen LogP contribution in [0.5, 0.6) is 0 Å². The first-order chi connectivity index (χ1) is 14.9. The van der Waals surface area contributed by atoms with Crippen molar-refractivity contribution in [1.29, 1.82) is 0 Å². The zero-order valence-corrected chi connectivity index (χ0v) is 19.3. The number of nitrogens with one attached hydrogen (secondary N) is 2. The summed E-state index contributed by atoms with van der Waals surface area (Å²) in [6.45, 7) is 8.53. The number of guanidine groups is 1. The summed E-state index contributed by atoms with van der Waals surface area (Å²) < 4.78 is 7.21. The standard InChI is InChI=1S/C22H33ClN6O2/c1-4-24-21(26-16-22(2,30)18-13-27-28(3)15-18)25-14-20(29-8-10-31-11-9-29)17-6-5-7-19(23)12-17/h5-7,12-13,15,20,30H,4,8-11,14,16H2,1-3H3,(H2,24,25,26). The SMILES string of the molecule is CCNC(=NCC(C)(O)c1cnn(C)c1)NCC(c1cccc(Cl)c1)N1CCOCC1. The monoisotopic (exact) mass is 448 g/mol. The van der Waals surface area contributed by atoms with E-state index in [1.54, 1.807) is 17.8 Å². The fraction of sp³-hybridized carbons (Fsp3) is 0.545. The third kappa shape index (κ3) is 6.67. The molecule has 170 valence electrons. The van der Waals surface area contributed by atoms with Crippen LogP contribution in [-0.2, 0) is 17.4 Å². The first-order valence-corrected chi connectivity index (χ1v) is 11.1. The quantitative estimate of drug-likeness (QED) is 0.422. The van der Waals surface area contributed by atoms with E-state index in [4.69, 9.17) is 16.3 Å². The highest BCUT2D eigenvalue weighted by molar-refractivity contribution is 6.30. The highest BCUT2D eigenvalue weighted by Gasteiger charge is 2.26. The Morgan fingerprint density at radius 2 is 2.13 bits per heavy atom. The minimum atomic E-state index is -1.10. The molecule has 1 aliphatic heterocycles. The molecule has 3 rings (SSSR count). The van der Waals surface area contributed by atoms with Crippen LogP contribution in [0.3, 0.4) is 0 Å². The van der Waals surface area contributed by atoms with Crippen LogP contribution < -0.4 is 10.6 Å². The van der Waals surface area contributed by atoms with Crippen LogP contribution >= 0.6 is 11.6 Å². The molecule has 0 saturated carbocycles. The summed E-state index contributed by atoms with van der Waals surface area (Å²) in [6, 6.07) is 8.12. The number of hydrogen-bond acceptors (Lipinski definition) is 5. The van der Waals surface area contributed by atoms with Gasteiger partial charge in [0, 0.05) is 50.0 Å². The molecule has 31 heavy (non-hydrogen) atoms. The van der Waals surface area contributed by atoms with Gasteiger partial charge in [0.2, 0.25) is 0 Å². The molecule has 1 saturated heterocycles. The maximum absolute atomic E-state index is 10.9. The zero-order chi connectivity index (χ0) is 22.3. The lowest BCUT2D eigenvalue weighted by molar-refractivity contribution is 0.0170. The fourth-order valence-electron chi connectivity index (χ4n) is 3.62. The summed E-state index contributed by atoms with van der Waals surface area (Å²) in [5.41, 5.74) is 0.785. The van der Waals surface area contributed by atoms with Crippen LogP contribution in [0.1, 0.15) is 31.0 Å². The Morgan fingerprint density at radius 3 is 2.77 bits per heavy atom. The van der Waals surface area contributed by atoms with Crippen LogP contribution in [0.25, 0.3) is 0 Å². The van der Waals surface area contributed by atoms with E-state index >= 15 is 0 Å². The molecule has 1 aromatic heterocycles. The van der Waals surface area contributed by atoms with Crippen molar-refractivity contribution in [2.24, 2.45) is 12.0 Å². The van der Waals surface area contributed by atoms with Gasteiger partial charge in [-0.1, -0.05) is 23.7 Å². The maximum Gasteiger partial charge on any atom is 0.191 e. The van der Waals surface area contributed by atoms with Crippen molar-refractivity contribution in [2.45, 2.75) is 25.5 Å². The third-order valence-corrected chi connectivity index (χ3v) is 5.63. The van der Waals surface area contributed by atoms with Crippen molar-refractivity contribution in [1.82, 2.24) is 25.3 Å². The smallest absolute Gasteiger partial charge is 0.191 e. The number of rotatable bonds is 8. The summed E-state index contributed by atoms with van der Waals surface area (Å²) in [5.74, 6) is 0.659. The molecule has 8 nitrogen and oxygen atoms in total. The van der Waals surface area contributed by atoms with Gasteiger partial charge < -0.3 is 20.5 Å². The highest BCUT2D eigenvalue weighted by Crippen LogP contribution is 2.24. The highest BCUT2D eigenvalue weighted by atomic mass is 35.5. The summed E-state index contributed by atoms with van der Waals surface area (Å²) in [7, 11) is 1.83. The second-order valence-corrected chi connectivity index (χ2v) is 8.41. The topological polar surface area (TPSA) is 86.9 Å². The van der Waals surface area contributed by atoms with Gasteiger partial charge in [0.25, 0.3) is 0 Å². The first kappa shape index (κ1) is 23.5. The lowest BCUT2D eigenvalue weighted by Gasteiger charge is -2.35. The molecule has 1 aliphatic rings. The molecule has 2 aromatic rings. The second-order valence-electron chi connectivity index (χ2n) is 7.97. The minimum Gasteiger partial charge on any atom is -0.383 e. The van der Waals surface area contributed by atoms with Gasteiger partial charge in [-0.3, -0.25) is 9.58 Å². The Kier molecular flexibility index (Phi) is 8.31. The van der Waals surface area contributed by atoms with Crippen molar-refractivity contribution in [2.75, 3.05) is 45.9 Å². The van der Waals surface area contributed by atoms with Gasteiger partial charge in [0.1, 0.15) is 5.60 Å². The predicted octanol–water partition coefficient (Wildman–Crippen LogP) is 1.91. The number of aryl methyl sites for hydroxylation is 1. The molecular weight excluding hydrogens is 416 g/mol. The number of aliphatic imine (C=N–C) groups is 1. The molecule has 0 spiro atoms. The molecule has 2 atom stereocenters. The number of halogens is 1. The van der Waals surface area contributed by atoms with E-state index in [0.717, 1.165) is 49.0 Å². The van der Waals surface area contributed by atoms with Gasteiger partial charge >= 0.3 is 0 Å². The van der Waals surface area contributed by atoms with Crippen LogP contribution in [0, 0.1) is 0 Å². The number of nitrogens with zero attached hydrogens (tertiary/aromatic N) is 4. The van der Waals surface area contributed by atoms with E-state index in [2.05, 4.69) is 31.7 Å². The van der Waals surface area contributed by atoms with E-state index in [1.165, 1.54) is 0 Å². The van der Waals surface area contributed by atoms with Gasteiger partial charge in [0.05, 0.1) is 32.0 Å². The Labute approximate surface area is 189 Å². The van der Waals surface area contributed by atoms with Crippen molar-refractivity contribution in [3.63, 3.8) is 0 Å². The second kappa shape index (κ2) is 10.9. The molecule has 3 N–H and O–H groups in total. The van der Waals surface area contributed by atoms with Crippen LogP contribution in [0.2, 0.25) is 5.02 Å². The summed E-state index contributed by atoms with van der Waals surface area (Å²) in [6.07, 6.45) is 3.48. The van der Waals surface area contributed by atoms with Gasteiger partial charge in [-0.05, 0) is 31.5 Å². The Balaban J connectivity index is 1.72. The number of benzene rings is 1. The number of morpholine rings is 1. The Hall–Kier alpha value is -2.13. The lowest BCUT2D eigenvalue weighted by Crippen LogP contribution is -2.46. The van der Waals surface area contributed by atoms with E-state index in [9.17, 15) is 5.11 Å². The third-order valence-electron chi connectivity index (χ3n) is 5.40. The lowest BCUT2D eigenvalue weighted by atomic mass is 10.0. The average Bonchev–Trinajstić information content (AvgIpc) is 3.20. The molecule has 2 heterocycles. The van der Waals surface area contributed by atoms with Gasteiger partial charge in [0.15, 0.2) is 5.96 Å². The largest absolute Gasteiger partial charge is 0.383 e. The summed E-state index contributed by atoms with van der Waals surface area (Å²) in [5, 5.41) is 22.4. The van der Waals surface area contributed by atoms with Crippen LogP contribution in [0.4, 0.5) is 0 Å². The van der Waals surface area contributed by atoms with E-state index in [-0.39, 0.29) is 12.6 Å². The number of hydrogen-bond donors (Lipinski definition) is 3. The zero-order valence-electron chi connectivity index (χ0n) is 18.5. The van der Waals surface area contributed by atoms with Crippen molar-refractivity contribution < 1.29 is 9.84 Å². The Morgan fingerprint density at radius 1 is 1.35 bits per heavy atom. The van der Waals surface area contributed by atoms with Crippen molar-refractivity contribution >= 4 is 17.6 Å². The molecule has 2 unspecified atom stereocenters. The Bertz CT molecular complexity index is 863. The number of ether oxygens (including phenoxy) is 1. The van der Waals surface area contributed by atoms with Gasteiger partial charge in [-0.2, -0.15) is 5.10 Å². The van der Waals surface area contributed by atoms with E-state index in [1.807, 2.05) is 38.4 Å². The maximum atomic E-state index is 10.9. The molecule has 0 radical (unpaired) electrons. The number of aromatic nitrogens is 2. The molecule has 0 bridgehead atoms. The van der Waals surface area contributed by atoms with Crippen LogP contribution in [-0.4, -0.2) is 71.7 Å². The fourth-order valence-corrected chi connectivity index (χ4v) is 3.82. The molecule has 1 fully saturated rings. The number of aliphatic hydroxyl groups is 1.